The van der Waals surface area contributed by atoms with Crippen molar-refractivity contribution < 1.29 is 9.18 Å². The molecule has 0 unspecified atom stereocenters. The molecule has 4 heterocycles. The van der Waals surface area contributed by atoms with Gasteiger partial charge in [0.15, 0.2) is 0 Å². The van der Waals surface area contributed by atoms with Gasteiger partial charge in [0.05, 0.1) is 28.5 Å². The number of imidazole rings is 1. The van der Waals surface area contributed by atoms with Gasteiger partial charge in [0.1, 0.15) is 11.6 Å². The van der Waals surface area contributed by atoms with E-state index in [-0.39, 0.29) is 38.7 Å². The summed E-state index contributed by atoms with van der Waals surface area (Å²) in [5, 5.41) is 3.11. The number of nitrogens with zero attached hydrogens (tertiary/aromatic N) is 3. The van der Waals surface area contributed by atoms with Crippen molar-refractivity contribution in [2.45, 2.75) is 50.1 Å². The van der Waals surface area contributed by atoms with Gasteiger partial charge in [-0.3, -0.25) is 14.4 Å². The topological polar surface area (TPSA) is 102 Å². The summed E-state index contributed by atoms with van der Waals surface area (Å²) >= 11 is 6.18. The van der Waals surface area contributed by atoms with Crippen LogP contribution in [0, 0.1) is 11.7 Å². The van der Waals surface area contributed by atoms with Crippen LogP contribution in [0.25, 0.3) is 22.4 Å². The lowest BCUT2D eigenvalue weighted by molar-refractivity contribution is 0.0930. The van der Waals surface area contributed by atoms with Crippen molar-refractivity contribution in [2.24, 2.45) is 13.0 Å². The van der Waals surface area contributed by atoms with Crippen LogP contribution in [0.1, 0.15) is 59.9 Å². The predicted molar refractivity (Wildman–Crippen MR) is 149 cm³/mol. The second-order valence-electron chi connectivity index (χ2n) is 11.4. The lowest BCUT2D eigenvalue weighted by atomic mass is 9.89. The maximum absolute atomic E-state index is 15.5. The Morgan fingerprint density at radius 1 is 1.10 bits per heavy atom. The molecule has 0 radical (unpaired) electrons. The number of hydrogen-bond acceptors (Lipinski definition) is 4. The van der Waals surface area contributed by atoms with Crippen LogP contribution in [-0.4, -0.2) is 30.5 Å². The number of carbonyl (C=O) groups is 1. The summed E-state index contributed by atoms with van der Waals surface area (Å²) in [5.41, 5.74) is 2.04. The van der Waals surface area contributed by atoms with Gasteiger partial charge in [-0.1, -0.05) is 30.5 Å². The molecule has 10 heteroatoms. The largest absolute Gasteiger partial charge is 0.346 e. The predicted octanol–water partition coefficient (Wildman–Crippen LogP) is 4.60. The lowest BCUT2D eigenvalue weighted by Crippen LogP contribution is -2.41. The van der Waals surface area contributed by atoms with E-state index in [1.807, 2.05) is 0 Å². The Kier molecular flexibility index (Phi) is 5.64. The molecule has 0 saturated heterocycles. The number of aromatic amines is 1. The van der Waals surface area contributed by atoms with E-state index in [4.69, 9.17) is 11.6 Å². The van der Waals surface area contributed by atoms with E-state index in [0.29, 0.717) is 30.3 Å². The molecule has 1 aliphatic heterocycles. The minimum absolute atomic E-state index is 0.0483. The number of benzene rings is 1. The molecule has 2 N–H and O–H groups in total. The van der Waals surface area contributed by atoms with Crippen LogP contribution in [0.15, 0.2) is 58.5 Å². The van der Waals surface area contributed by atoms with Crippen molar-refractivity contribution in [3.05, 3.63) is 97.4 Å². The molecule has 204 valence electrons. The zero-order valence-electron chi connectivity index (χ0n) is 21.8. The van der Waals surface area contributed by atoms with Gasteiger partial charge in [-0.2, -0.15) is 0 Å². The highest BCUT2D eigenvalue weighted by atomic mass is 35.5. The summed E-state index contributed by atoms with van der Waals surface area (Å²) < 4.78 is 18.6. The fourth-order valence-electron chi connectivity index (χ4n) is 5.81. The standard InChI is InChI=1S/C30H27ClFN5O3/c1-36-14-18(5-7-24(36)38)22-13-33-28(34-22)23(10-16-2-3-16)37-15-20-19(11-25(37)39)26-17(4-6-21(31)27(26)32)12-30(8-9-30)35-29(20)40/h4-7,11,13-16,23H,2-3,8-10,12H2,1H3,(H,33,34)(H,35,40)/t23-/m0/s1. The van der Waals surface area contributed by atoms with E-state index >= 15 is 4.39 Å². The Labute approximate surface area is 233 Å². The summed E-state index contributed by atoms with van der Waals surface area (Å²) in [6, 6.07) is 7.43. The molecule has 3 aromatic heterocycles. The maximum atomic E-state index is 15.5. The van der Waals surface area contributed by atoms with E-state index < -0.39 is 17.4 Å². The smallest absolute Gasteiger partial charge is 0.253 e. The fourth-order valence-corrected chi connectivity index (χ4v) is 5.97. The molecule has 1 spiro atoms. The van der Waals surface area contributed by atoms with E-state index in [1.54, 1.807) is 42.3 Å². The summed E-state index contributed by atoms with van der Waals surface area (Å²) in [6.45, 7) is 0. The van der Waals surface area contributed by atoms with E-state index in [0.717, 1.165) is 36.8 Å². The van der Waals surface area contributed by atoms with Gasteiger partial charge in [0, 0.05) is 53.8 Å². The minimum Gasteiger partial charge on any atom is -0.346 e. The Balaban J connectivity index is 1.37. The zero-order valence-corrected chi connectivity index (χ0v) is 22.6. The molecular formula is C30H27ClFN5O3. The van der Waals surface area contributed by atoms with Gasteiger partial charge in [0.2, 0.25) is 5.56 Å². The van der Waals surface area contributed by atoms with Crippen molar-refractivity contribution in [1.82, 2.24) is 24.4 Å². The molecule has 1 aromatic carbocycles. The number of fused-ring (bicyclic) bond motifs is 3. The second kappa shape index (κ2) is 9.02. The summed E-state index contributed by atoms with van der Waals surface area (Å²) in [6.07, 6.45) is 9.85. The molecule has 0 bridgehead atoms. The molecule has 1 amide bonds. The first-order valence-electron chi connectivity index (χ1n) is 13.5. The number of H-pyrrole nitrogens is 1. The highest BCUT2D eigenvalue weighted by Gasteiger charge is 2.46. The van der Waals surface area contributed by atoms with Gasteiger partial charge in [-0.15, -0.1) is 0 Å². The summed E-state index contributed by atoms with van der Waals surface area (Å²) in [7, 11) is 1.68. The molecule has 4 aromatic rings. The number of aryl methyl sites for hydroxylation is 1. The average molecular weight is 560 g/mol. The van der Waals surface area contributed by atoms with Crippen LogP contribution in [-0.2, 0) is 13.5 Å². The number of pyridine rings is 2. The Bertz CT molecular complexity index is 1810. The van der Waals surface area contributed by atoms with Crippen molar-refractivity contribution in [3.8, 4) is 22.4 Å². The fraction of sp³-hybridized carbons (Fsp3) is 0.333. The molecule has 1 atom stereocenters. The van der Waals surface area contributed by atoms with Crippen LogP contribution in [0.4, 0.5) is 4.39 Å². The van der Waals surface area contributed by atoms with Crippen molar-refractivity contribution in [2.75, 3.05) is 0 Å². The number of nitrogens with one attached hydrogen (secondary N) is 2. The van der Waals surface area contributed by atoms with Crippen molar-refractivity contribution in [3.63, 3.8) is 0 Å². The van der Waals surface area contributed by atoms with Crippen LogP contribution in [0.2, 0.25) is 5.02 Å². The van der Waals surface area contributed by atoms with Gasteiger partial charge in [-0.05, 0) is 49.3 Å². The molecule has 2 saturated carbocycles. The zero-order chi connectivity index (χ0) is 27.8. The SMILES string of the molecule is Cn1cc(-c2cnc([C@H](CC3CC3)n3cc4c(cc3=O)-c3c(ccc(Cl)c3F)CC3(CC3)NC4=O)[nH]2)ccc1=O. The first-order chi connectivity index (χ1) is 19.2. The Morgan fingerprint density at radius 2 is 1.90 bits per heavy atom. The van der Waals surface area contributed by atoms with E-state index in [2.05, 4.69) is 15.3 Å². The highest BCUT2D eigenvalue weighted by Crippen LogP contribution is 2.45. The third kappa shape index (κ3) is 4.29. The molecular weight excluding hydrogens is 533 g/mol. The molecule has 2 fully saturated rings. The Morgan fingerprint density at radius 3 is 2.62 bits per heavy atom. The van der Waals surface area contributed by atoms with Crippen molar-refractivity contribution in [1.29, 1.82) is 0 Å². The van der Waals surface area contributed by atoms with E-state index in [1.165, 1.54) is 22.8 Å². The van der Waals surface area contributed by atoms with Gasteiger partial charge in [-0.25, -0.2) is 9.37 Å². The van der Waals surface area contributed by atoms with Gasteiger partial charge >= 0.3 is 0 Å². The van der Waals surface area contributed by atoms with E-state index in [9.17, 15) is 14.4 Å². The van der Waals surface area contributed by atoms with Crippen LogP contribution in [0.3, 0.4) is 0 Å². The average Bonchev–Trinajstić information content (AvgIpc) is 3.84. The highest BCUT2D eigenvalue weighted by molar-refractivity contribution is 6.31. The Hall–Kier alpha value is -3.98. The maximum Gasteiger partial charge on any atom is 0.253 e. The normalized spacial score (nSPS) is 17.9. The third-order valence-electron chi connectivity index (χ3n) is 8.43. The molecule has 3 aliphatic rings. The summed E-state index contributed by atoms with van der Waals surface area (Å²) in [4.78, 5) is 47.1. The van der Waals surface area contributed by atoms with Gasteiger partial charge in [0.25, 0.3) is 11.5 Å². The minimum atomic E-state index is -0.620. The number of halogens is 2. The first kappa shape index (κ1) is 25.0. The number of carbonyl (C=O) groups excluding carboxylic acids is 1. The van der Waals surface area contributed by atoms with Crippen LogP contribution >= 0.6 is 11.6 Å². The van der Waals surface area contributed by atoms with Crippen LogP contribution < -0.4 is 16.4 Å². The number of amides is 1. The number of rotatable bonds is 5. The molecule has 2 aliphatic carbocycles. The quantitative estimate of drug-likeness (QED) is 0.373. The first-order valence-corrected chi connectivity index (χ1v) is 13.9. The lowest BCUT2D eigenvalue weighted by Gasteiger charge is -2.26. The molecule has 40 heavy (non-hydrogen) atoms. The second-order valence-corrected chi connectivity index (χ2v) is 11.8. The third-order valence-corrected chi connectivity index (χ3v) is 8.73. The molecule has 8 nitrogen and oxygen atoms in total. The van der Waals surface area contributed by atoms with Crippen molar-refractivity contribution >= 4 is 17.5 Å². The van der Waals surface area contributed by atoms with Gasteiger partial charge < -0.3 is 19.4 Å². The molecule has 7 rings (SSSR count). The number of hydrogen-bond donors (Lipinski definition) is 2. The monoisotopic (exact) mass is 559 g/mol. The summed E-state index contributed by atoms with van der Waals surface area (Å²) in [5.74, 6) is 0.0650. The number of aromatic nitrogens is 4. The van der Waals surface area contributed by atoms with Crippen LogP contribution in [0.5, 0.6) is 0 Å².